The van der Waals surface area contributed by atoms with Crippen LogP contribution in [0.25, 0.3) is 0 Å². The van der Waals surface area contributed by atoms with Crippen molar-refractivity contribution in [2.45, 2.75) is 31.8 Å². The van der Waals surface area contributed by atoms with Gasteiger partial charge in [-0.3, -0.25) is 0 Å². The van der Waals surface area contributed by atoms with Crippen molar-refractivity contribution in [1.82, 2.24) is 5.32 Å². The highest BCUT2D eigenvalue weighted by molar-refractivity contribution is 5.44. The van der Waals surface area contributed by atoms with E-state index in [-0.39, 0.29) is 12.1 Å². The minimum Gasteiger partial charge on any atom is -0.508 e. The summed E-state index contributed by atoms with van der Waals surface area (Å²) in [5.74, 6) is 0.405. The van der Waals surface area contributed by atoms with Gasteiger partial charge in [0.05, 0.1) is 11.6 Å². The van der Waals surface area contributed by atoms with Crippen LogP contribution in [0, 0.1) is 11.3 Å². The fourth-order valence-corrected chi connectivity index (χ4v) is 3.05. The predicted molar refractivity (Wildman–Crippen MR) is 81.9 cm³/mol. The molecule has 21 heavy (non-hydrogen) atoms. The molecule has 0 spiro atoms. The van der Waals surface area contributed by atoms with E-state index in [2.05, 4.69) is 24.4 Å². The van der Waals surface area contributed by atoms with Crippen molar-refractivity contribution in [3.63, 3.8) is 0 Å². The van der Waals surface area contributed by atoms with E-state index >= 15 is 0 Å². The van der Waals surface area contributed by atoms with Gasteiger partial charge >= 0.3 is 0 Å². The van der Waals surface area contributed by atoms with Gasteiger partial charge in [-0.1, -0.05) is 24.3 Å². The zero-order valence-electron chi connectivity index (χ0n) is 12.0. The Morgan fingerprint density at radius 2 is 2.00 bits per heavy atom. The van der Waals surface area contributed by atoms with E-state index < -0.39 is 0 Å². The van der Waals surface area contributed by atoms with Crippen LogP contribution in [0.4, 0.5) is 0 Å². The lowest BCUT2D eigenvalue weighted by molar-refractivity contribution is 0.465. The Morgan fingerprint density at radius 1 is 1.24 bits per heavy atom. The Hall–Kier alpha value is -2.31. The first kappa shape index (κ1) is 13.7. The normalized spacial score (nSPS) is 18.0. The minimum atomic E-state index is 0.205. The molecule has 0 bridgehead atoms. The molecule has 2 aromatic rings. The molecule has 3 heteroatoms. The van der Waals surface area contributed by atoms with E-state index in [1.54, 1.807) is 6.07 Å². The van der Waals surface area contributed by atoms with Crippen molar-refractivity contribution in [1.29, 1.82) is 5.26 Å². The van der Waals surface area contributed by atoms with Crippen LogP contribution in [0.5, 0.6) is 5.75 Å². The number of rotatable bonds is 3. The highest BCUT2D eigenvalue weighted by Gasteiger charge is 2.25. The molecule has 0 fully saturated rings. The Labute approximate surface area is 124 Å². The third-order valence-corrected chi connectivity index (χ3v) is 4.24. The molecule has 0 aromatic heterocycles. The molecule has 0 heterocycles. The summed E-state index contributed by atoms with van der Waals surface area (Å²) in [6, 6.07) is 16.1. The second-order valence-corrected chi connectivity index (χ2v) is 5.56. The second kappa shape index (κ2) is 5.59. The maximum absolute atomic E-state index is 9.90. The SMILES string of the molecule is CC(NC1CCc2c(O)cccc21)c1ccc(C#N)cc1. The first-order valence-electron chi connectivity index (χ1n) is 7.26. The van der Waals surface area contributed by atoms with Crippen molar-refractivity contribution in [3.8, 4) is 11.8 Å². The van der Waals surface area contributed by atoms with Crippen LogP contribution in [0.1, 0.15) is 47.7 Å². The molecule has 2 N–H and O–H groups in total. The lowest BCUT2D eigenvalue weighted by atomic mass is 10.0. The number of hydrogen-bond donors (Lipinski definition) is 2. The Kier molecular flexibility index (Phi) is 3.64. The lowest BCUT2D eigenvalue weighted by Gasteiger charge is -2.21. The standard InChI is InChI=1S/C18H18N2O/c1-12(14-7-5-13(11-19)6-8-14)20-17-10-9-16-15(17)3-2-4-18(16)21/h2-8,12,17,20-21H,9-10H2,1H3. The number of fused-ring (bicyclic) bond motifs is 1. The van der Waals surface area contributed by atoms with E-state index in [4.69, 9.17) is 5.26 Å². The van der Waals surface area contributed by atoms with Crippen molar-refractivity contribution in [3.05, 3.63) is 64.7 Å². The lowest BCUT2D eigenvalue weighted by Crippen LogP contribution is -2.22. The maximum atomic E-state index is 9.90. The van der Waals surface area contributed by atoms with E-state index in [0.29, 0.717) is 11.3 Å². The Bertz CT molecular complexity index is 685. The summed E-state index contributed by atoms with van der Waals surface area (Å²) in [6.45, 7) is 2.13. The number of aromatic hydroxyl groups is 1. The average molecular weight is 278 g/mol. The smallest absolute Gasteiger partial charge is 0.119 e. The van der Waals surface area contributed by atoms with Crippen LogP contribution in [-0.2, 0) is 6.42 Å². The summed E-state index contributed by atoms with van der Waals surface area (Å²) in [4.78, 5) is 0. The molecule has 0 radical (unpaired) electrons. The van der Waals surface area contributed by atoms with Gasteiger partial charge < -0.3 is 10.4 Å². The molecule has 3 rings (SSSR count). The molecular weight excluding hydrogens is 260 g/mol. The van der Waals surface area contributed by atoms with Gasteiger partial charge in [0.2, 0.25) is 0 Å². The molecule has 0 amide bonds. The number of nitrogens with one attached hydrogen (secondary N) is 1. The molecule has 1 aliphatic carbocycles. The van der Waals surface area contributed by atoms with E-state index in [9.17, 15) is 5.11 Å². The van der Waals surface area contributed by atoms with Gasteiger partial charge in [0.1, 0.15) is 5.75 Å². The highest BCUT2D eigenvalue weighted by atomic mass is 16.3. The monoisotopic (exact) mass is 278 g/mol. The van der Waals surface area contributed by atoms with Gasteiger partial charge in [0.15, 0.2) is 0 Å². The number of nitrogens with zero attached hydrogens (tertiary/aromatic N) is 1. The van der Waals surface area contributed by atoms with Crippen LogP contribution in [0.3, 0.4) is 0 Å². The highest BCUT2D eigenvalue weighted by Crippen LogP contribution is 2.37. The fraction of sp³-hybridized carbons (Fsp3) is 0.278. The third kappa shape index (κ3) is 2.63. The predicted octanol–water partition coefficient (Wildman–Crippen LogP) is 3.60. The summed E-state index contributed by atoms with van der Waals surface area (Å²) in [6.07, 6.45) is 1.92. The van der Waals surface area contributed by atoms with Crippen molar-refractivity contribution < 1.29 is 5.11 Å². The number of nitriles is 1. The largest absolute Gasteiger partial charge is 0.508 e. The number of benzene rings is 2. The van der Waals surface area contributed by atoms with Crippen LogP contribution in [0.2, 0.25) is 0 Å². The number of phenols is 1. The average Bonchev–Trinajstić information content (AvgIpc) is 2.92. The zero-order chi connectivity index (χ0) is 14.8. The molecule has 3 nitrogen and oxygen atoms in total. The second-order valence-electron chi connectivity index (χ2n) is 5.56. The fourth-order valence-electron chi connectivity index (χ4n) is 3.05. The van der Waals surface area contributed by atoms with Gasteiger partial charge in [-0.15, -0.1) is 0 Å². The quantitative estimate of drug-likeness (QED) is 0.902. The molecular formula is C18H18N2O. The summed E-state index contributed by atoms with van der Waals surface area (Å²) < 4.78 is 0. The zero-order valence-corrected chi connectivity index (χ0v) is 12.0. The number of phenolic OH excluding ortho intramolecular Hbond substituents is 1. The summed E-state index contributed by atoms with van der Waals surface area (Å²) in [7, 11) is 0. The molecule has 106 valence electrons. The van der Waals surface area contributed by atoms with Gasteiger partial charge in [-0.2, -0.15) is 5.26 Å². The van der Waals surface area contributed by atoms with Gasteiger partial charge in [-0.05, 0) is 54.7 Å². The molecule has 1 aliphatic rings. The molecule has 2 unspecified atom stereocenters. The Morgan fingerprint density at radius 3 is 2.71 bits per heavy atom. The van der Waals surface area contributed by atoms with E-state index in [1.807, 2.05) is 30.3 Å². The van der Waals surface area contributed by atoms with E-state index in [0.717, 1.165) is 18.4 Å². The molecule has 0 saturated carbocycles. The first-order chi connectivity index (χ1) is 10.2. The van der Waals surface area contributed by atoms with Crippen LogP contribution >= 0.6 is 0 Å². The van der Waals surface area contributed by atoms with E-state index in [1.165, 1.54) is 11.1 Å². The number of hydrogen-bond acceptors (Lipinski definition) is 3. The van der Waals surface area contributed by atoms with Crippen molar-refractivity contribution in [2.24, 2.45) is 0 Å². The summed E-state index contributed by atoms with van der Waals surface area (Å²) in [5.41, 5.74) is 4.13. The van der Waals surface area contributed by atoms with Crippen molar-refractivity contribution >= 4 is 0 Å². The molecule has 2 atom stereocenters. The van der Waals surface area contributed by atoms with Crippen LogP contribution in [0.15, 0.2) is 42.5 Å². The molecule has 0 aliphatic heterocycles. The first-order valence-corrected chi connectivity index (χ1v) is 7.26. The van der Waals surface area contributed by atoms with Crippen LogP contribution in [-0.4, -0.2) is 5.11 Å². The van der Waals surface area contributed by atoms with Crippen molar-refractivity contribution in [2.75, 3.05) is 0 Å². The Balaban J connectivity index is 1.76. The summed E-state index contributed by atoms with van der Waals surface area (Å²) in [5, 5.41) is 22.4. The third-order valence-electron chi connectivity index (χ3n) is 4.24. The minimum absolute atomic E-state index is 0.205. The van der Waals surface area contributed by atoms with Gasteiger partial charge in [0, 0.05) is 12.1 Å². The van der Waals surface area contributed by atoms with Gasteiger partial charge in [-0.25, -0.2) is 0 Å². The molecule has 0 saturated heterocycles. The van der Waals surface area contributed by atoms with Crippen LogP contribution < -0.4 is 5.32 Å². The van der Waals surface area contributed by atoms with Gasteiger partial charge in [0.25, 0.3) is 0 Å². The topological polar surface area (TPSA) is 56.0 Å². The maximum Gasteiger partial charge on any atom is 0.119 e. The summed E-state index contributed by atoms with van der Waals surface area (Å²) >= 11 is 0. The molecule has 2 aromatic carbocycles.